The van der Waals surface area contributed by atoms with Crippen LogP contribution in [0.3, 0.4) is 0 Å². The molecule has 0 saturated carbocycles. The fraction of sp³-hybridized carbons (Fsp3) is 0.121. The molecule has 3 aliphatic carbocycles. The number of benzene rings is 9. The fourth-order valence-electron chi connectivity index (χ4n) is 12.1. The van der Waals surface area contributed by atoms with Crippen LogP contribution in [0.1, 0.15) is 66.3 Å². The Hall–Kier alpha value is -7.94. The summed E-state index contributed by atoms with van der Waals surface area (Å²) in [7, 11) is 0. The molecule has 13 rings (SSSR count). The Morgan fingerprint density at radius 2 is 1.15 bits per heavy atom. The molecule has 0 spiro atoms. The molecule has 0 saturated heterocycles. The van der Waals surface area contributed by atoms with Gasteiger partial charge in [-0.2, -0.15) is 0 Å². The van der Waals surface area contributed by atoms with Crippen molar-refractivity contribution in [1.29, 1.82) is 0 Å². The molecule has 1 heterocycles. The lowest BCUT2D eigenvalue weighted by atomic mass is 9.78. The summed E-state index contributed by atoms with van der Waals surface area (Å²) in [6.45, 7) is 4.84. The van der Waals surface area contributed by atoms with Gasteiger partial charge >= 0.3 is 0 Å². The highest BCUT2D eigenvalue weighted by molar-refractivity contribution is 6.17. The van der Waals surface area contributed by atoms with Gasteiger partial charge < -0.3 is 9.32 Å². The van der Waals surface area contributed by atoms with Gasteiger partial charge in [0.2, 0.25) is 0 Å². The van der Waals surface area contributed by atoms with Crippen molar-refractivity contribution in [2.24, 2.45) is 0 Å². The lowest BCUT2D eigenvalue weighted by molar-refractivity contribution is 0.609. The predicted octanol–water partition coefficient (Wildman–Crippen LogP) is 17.8. The molecule has 9 aromatic carbocycles. The number of rotatable bonds is 7. The number of nitrogens with zero attached hydrogens (tertiary/aromatic N) is 1. The molecule has 0 radical (unpaired) electrons. The first-order valence-electron chi connectivity index (χ1n) is 24.3. The van der Waals surface area contributed by atoms with Crippen LogP contribution in [-0.2, 0) is 11.8 Å². The van der Waals surface area contributed by atoms with Gasteiger partial charge in [0.1, 0.15) is 11.2 Å². The highest BCUT2D eigenvalue weighted by atomic mass is 16.3. The van der Waals surface area contributed by atoms with E-state index in [0.717, 1.165) is 41.5 Å². The molecule has 0 bridgehead atoms. The molecular weight excluding hydrogens is 823 g/mol. The molecule has 0 fully saturated rings. The monoisotopic (exact) mass is 873 g/mol. The summed E-state index contributed by atoms with van der Waals surface area (Å²) in [5.74, 6) is 0.487. The summed E-state index contributed by atoms with van der Waals surface area (Å²) < 4.78 is 6.81. The largest absolute Gasteiger partial charge is 0.456 e. The molecule has 10 aromatic rings. The van der Waals surface area contributed by atoms with Gasteiger partial charge in [0.25, 0.3) is 0 Å². The Morgan fingerprint density at radius 3 is 1.88 bits per heavy atom. The van der Waals surface area contributed by atoms with E-state index in [-0.39, 0.29) is 11.3 Å². The first kappa shape index (κ1) is 40.3. The van der Waals surface area contributed by atoms with Crippen molar-refractivity contribution in [2.45, 2.75) is 50.4 Å². The SMILES string of the molecule is CC1(C)C2=CC(N(c3ccc(-c4ccccc4)cc3)c3cccc4c3C(c3ccccc3)CCc3cc5oc6ccccc6c5c(-c5ccc(-c6ccccc6)cc5)c3-4)=CCC2c2ccccc21. The first-order valence-corrected chi connectivity index (χ1v) is 24.3. The third-order valence-electron chi connectivity index (χ3n) is 15.3. The maximum absolute atomic E-state index is 6.81. The quantitative estimate of drug-likeness (QED) is 0.159. The molecule has 3 aliphatic rings. The van der Waals surface area contributed by atoms with Crippen LogP contribution >= 0.6 is 0 Å². The molecule has 326 valence electrons. The number of para-hydroxylation sites is 1. The minimum absolute atomic E-state index is 0.0909. The second-order valence-corrected chi connectivity index (χ2v) is 19.4. The third-order valence-corrected chi connectivity index (χ3v) is 15.3. The van der Waals surface area contributed by atoms with E-state index in [1.807, 2.05) is 0 Å². The van der Waals surface area contributed by atoms with Gasteiger partial charge in [0.15, 0.2) is 0 Å². The average Bonchev–Trinajstić information content (AvgIpc) is 3.81. The van der Waals surface area contributed by atoms with Crippen molar-refractivity contribution >= 4 is 33.3 Å². The van der Waals surface area contributed by atoms with Crippen molar-refractivity contribution in [2.75, 3.05) is 4.90 Å². The van der Waals surface area contributed by atoms with Crippen LogP contribution in [0, 0.1) is 0 Å². The highest BCUT2D eigenvalue weighted by Gasteiger charge is 2.43. The summed E-state index contributed by atoms with van der Waals surface area (Å²) in [6, 6.07) is 78.4. The standard InChI is InChI=1S/C66H51NO/c1-66(2)57-26-14-12-23-53(57)54-40-38-51(42-58(54)66)67(50-36-33-46(34-37-50)44-19-8-4-9-20-44)59-27-16-25-56-62-49(35-39-52(64(56)59)47-21-10-5-11-22-47)41-61-65(55-24-13-15-28-60(55)68-61)63(62)48-31-29-45(30-32-48)43-17-6-3-7-18-43/h3-34,36-38,41-42,52,54H,35,39-40H2,1-2H3. The van der Waals surface area contributed by atoms with E-state index in [4.69, 9.17) is 4.42 Å². The summed E-state index contributed by atoms with van der Waals surface area (Å²) >= 11 is 0. The molecule has 2 nitrogen and oxygen atoms in total. The van der Waals surface area contributed by atoms with E-state index in [2.05, 4.69) is 243 Å². The van der Waals surface area contributed by atoms with Crippen LogP contribution in [0.2, 0.25) is 0 Å². The van der Waals surface area contributed by atoms with E-state index < -0.39 is 0 Å². The third kappa shape index (κ3) is 6.54. The Morgan fingerprint density at radius 1 is 0.529 bits per heavy atom. The zero-order valence-electron chi connectivity index (χ0n) is 38.5. The lowest BCUT2D eigenvalue weighted by Crippen LogP contribution is -2.24. The second kappa shape index (κ2) is 16.1. The summed E-state index contributed by atoms with van der Waals surface area (Å²) in [6.07, 6.45) is 7.86. The Balaban J connectivity index is 1.08. The van der Waals surface area contributed by atoms with Crippen LogP contribution in [0.25, 0.3) is 66.4 Å². The summed E-state index contributed by atoms with van der Waals surface area (Å²) in [5, 5.41) is 2.31. The molecule has 2 unspecified atom stereocenters. The smallest absolute Gasteiger partial charge is 0.136 e. The minimum atomic E-state index is -0.0909. The highest BCUT2D eigenvalue weighted by Crippen LogP contribution is 2.56. The van der Waals surface area contributed by atoms with Gasteiger partial charge in [0.05, 0.1) is 5.69 Å². The number of allylic oxidation sites excluding steroid dienone is 3. The molecule has 0 N–H and O–H groups in total. The van der Waals surface area contributed by atoms with Crippen LogP contribution < -0.4 is 4.90 Å². The number of furan rings is 1. The van der Waals surface area contributed by atoms with Gasteiger partial charge in [-0.15, -0.1) is 0 Å². The number of hydrogen-bond donors (Lipinski definition) is 0. The maximum atomic E-state index is 6.81. The lowest BCUT2D eigenvalue weighted by Gasteiger charge is -2.35. The summed E-state index contributed by atoms with van der Waals surface area (Å²) in [5.41, 5.74) is 23.6. The Labute approximate surface area is 399 Å². The zero-order valence-corrected chi connectivity index (χ0v) is 38.5. The zero-order chi connectivity index (χ0) is 45.3. The van der Waals surface area contributed by atoms with Crippen LogP contribution in [0.15, 0.2) is 240 Å². The normalized spacial score (nSPS) is 16.8. The Bertz CT molecular complexity index is 3590. The maximum Gasteiger partial charge on any atom is 0.136 e. The van der Waals surface area contributed by atoms with Crippen LogP contribution in [0.5, 0.6) is 0 Å². The van der Waals surface area contributed by atoms with E-state index in [1.54, 1.807) is 0 Å². The van der Waals surface area contributed by atoms with Gasteiger partial charge in [-0.25, -0.2) is 0 Å². The van der Waals surface area contributed by atoms with Crippen molar-refractivity contribution < 1.29 is 4.42 Å². The van der Waals surface area contributed by atoms with E-state index >= 15 is 0 Å². The van der Waals surface area contributed by atoms with Crippen molar-refractivity contribution in [3.8, 4) is 44.5 Å². The molecule has 0 amide bonds. The second-order valence-electron chi connectivity index (χ2n) is 19.4. The van der Waals surface area contributed by atoms with E-state index in [9.17, 15) is 0 Å². The van der Waals surface area contributed by atoms with Gasteiger partial charge in [-0.1, -0.05) is 207 Å². The van der Waals surface area contributed by atoms with Gasteiger partial charge in [-0.3, -0.25) is 0 Å². The number of fused-ring (bicyclic) bond motifs is 9. The topological polar surface area (TPSA) is 16.4 Å². The van der Waals surface area contributed by atoms with Crippen LogP contribution in [-0.4, -0.2) is 0 Å². The average molecular weight is 874 g/mol. The molecule has 1 aromatic heterocycles. The van der Waals surface area contributed by atoms with E-state index in [0.29, 0.717) is 5.92 Å². The fourth-order valence-corrected chi connectivity index (χ4v) is 12.1. The molecule has 2 atom stereocenters. The number of hydrogen-bond acceptors (Lipinski definition) is 2. The van der Waals surface area contributed by atoms with Crippen molar-refractivity contribution in [3.63, 3.8) is 0 Å². The van der Waals surface area contributed by atoms with Crippen molar-refractivity contribution in [3.05, 3.63) is 264 Å². The minimum Gasteiger partial charge on any atom is -0.456 e. The first-order chi connectivity index (χ1) is 33.5. The molecule has 68 heavy (non-hydrogen) atoms. The molecule has 2 heteroatoms. The predicted molar refractivity (Wildman–Crippen MR) is 284 cm³/mol. The number of aryl methyl sites for hydroxylation is 1. The molecular formula is C66H51NO. The number of anilines is 2. The van der Waals surface area contributed by atoms with Crippen LogP contribution in [0.4, 0.5) is 11.4 Å². The molecule has 0 aliphatic heterocycles. The van der Waals surface area contributed by atoms with E-state index in [1.165, 1.54) is 94.7 Å². The Kier molecular flexibility index (Phi) is 9.58. The summed E-state index contributed by atoms with van der Waals surface area (Å²) in [4.78, 5) is 2.59. The van der Waals surface area contributed by atoms with Gasteiger partial charge in [-0.05, 0) is 122 Å². The van der Waals surface area contributed by atoms with Crippen molar-refractivity contribution in [1.82, 2.24) is 0 Å². The van der Waals surface area contributed by atoms with Gasteiger partial charge in [0, 0.05) is 45.0 Å².